The molecule has 0 aliphatic carbocycles. The van der Waals surface area contributed by atoms with E-state index in [0.717, 1.165) is 10.5 Å². The molecule has 100 valence electrons. The van der Waals surface area contributed by atoms with Gasteiger partial charge in [-0.2, -0.15) is 10.6 Å². The number of aryl methyl sites for hydroxylation is 1. The van der Waals surface area contributed by atoms with Gasteiger partial charge in [0.1, 0.15) is 0 Å². The highest BCUT2D eigenvalue weighted by molar-refractivity contribution is 8.25. The van der Waals surface area contributed by atoms with Gasteiger partial charge in [-0.1, -0.05) is 35.9 Å². The Labute approximate surface area is 119 Å². The second-order valence-corrected chi connectivity index (χ2v) is 8.17. The summed E-state index contributed by atoms with van der Waals surface area (Å²) in [5, 5.41) is 0.129. The molecule has 0 bridgehead atoms. The molecule has 0 spiro atoms. The summed E-state index contributed by atoms with van der Waals surface area (Å²) in [7, 11) is -2.60. The highest BCUT2D eigenvalue weighted by Gasteiger charge is 2.35. The lowest BCUT2D eigenvalue weighted by atomic mass is 10.2. The van der Waals surface area contributed by atoms with Gasteiger partial charge in [-0.3, -0.25) is 9.11 Å². The van der Waals surface area contributed by atoms with E-state index >= 15 is 0 Å². The van der Waals surface area contributed by atoms with E-state index in [4.69, 9.17) is 0 Å². The van der Waals surface area contributed by atoms with Crippen LogP contribution in [0.25, 0.3) is 0 Å². The quantitative estimate of drug-likeness (QED) is 0.822. The number of fused-ring (bicyclic) bond motifs is 1. The molecule has 2 aromatic carbocycles. The third kappa shape index (κ3) is 2.54. The van der Waals surface area contributed by atoms with Crippen LogP contribution in [0.4, 0.5) is 0 Å². The molecule has 1 heterocycles. The van der Waals surface area contributed by atoms with Crippen LogP contribution in [0.3, 0.4) is 0 Å². The fraction of sp³-hybridized carbons (Fsp3) is 0.200. The lowest BCUT2D eigenvalue weighted by molar-refractivity contribution is 0.492. The lowest BCUT2D eigenvalue weighted by Gasteiger charge is -2.27. The predicted molar refractivity (Wildman–Crippen MR) is 82.2 cm³/mol. The average molecular weight is 292 g/mol. The molecule has 1 aliphatic rings. The van der Waals surface area contributed by atoms with E-state index in [-0.39, 0.29) is 5.25 Å². The third-order valence-corrected chi connectivity index (χ3v) is 6.64. The van der Waals surface area contributed by atoms with E-state index in [9.17, 15) is 9.11 Å². The summed E-state index contributed by atoms with van der Waals surface area (Å²) in [5.74, 6) is 0.422. The Hall–Kier alpha value is -0.940. The van der Waals surface area contributed by atoms with Crippen LogP contribution < -0.4 is 0 Å². The first kappa shape index (κ1) is 13.1. The minimum Gasteiger partial charge on any atom is -0.295 e. The predicted octanol–water partition coefficient (Wildman–Crippen LogP) is 4.95. The molecule has 0 aromatic heterocycles. The van der Waals surface area contributed by atoms with E-state index in [1.165, 1.54) is 10.5 Å². The maximum atomic E-state index is 10.2. The van der Waals surface area contributed by atoms with Crippen LogP contribution >= 0.6 is 22.4 Å². The Bertz CT molecular complexity index is 593. The molecule has 1 aliphatic heterocycles. The number of benzene rings is 2. The molecule has 4 heteroatoms. The zero-order valence-corrected chi connectivity index (χ0v) is 12.2. The third-order valence-electron chi connectivity index (χ3n) is 3.30. The lowest BCUT2D eigenvalue weighted by Crippen LogP contribution is -1.98. The molecule has 2 nitrogen and oxygen atoms in total. The zero-order chi connectivity index (χ0) is 13.5. The molecule has 0 fully saturated rings. The van der Waals surface area contributed by atoms with E-state index < -0.39 is 10.6 Å². The van der Waals surface area contributed by atoms with Crippen LogP contribution in [-0.4, -0.2) is 14.9 Å². The second-order valence-electron chi connectivity index (χ2n) is 4.79. The molecule has 3 rings (SSSR count). The van der Waals surface area contributed by atoms with Crippen molar-refractivity contribution in [3.8, 4) is 0 Å². The molecule has 1 unspecified atom stereocenters. The SMILES string of the molecule is Cc1ccc(SC2CS(O)(O)c3ccccc32)cc1. The van der Waals surface area contributed by atoms with Gasteiger partial charge in [-0.15, -0.1) is 11.8 Å². The van der Waals surface area contributed by atoms with Gasteiger partial charge in [0.15, 0.2) is 0 Å². The van der Waals surface area contributed by atoms with Crippen molar-refractivity contribution in [3.63, 3.8) is 0 Å². The fourth-order valence-electron chi connectivity index (χ4n) is 2.31. The molecule has 2 N–H and O–H groups in total. The van der Waals surface area contributed by atoms with Crippen molar-refractivity contribution in [3.05, 3.63) is 59.7 Å². The highest BCUT2D eigenvalue weighted by atomic mass is 32.3. The fourth-order valence-corrected chi connectivity index (χ4v) is 5.85. The van der Waals surface area contributed by atoms with Crippen LogP contribution in [0.1, 0.15) is 16.4 Å². The normalized spacial score (nSPS) is 21.9. The van der Waals surface area contributed by atoms with Crippen molar-refractivity contribution in [1.82, 2.24) is 0 Å². The largest absolute Gasteiger partial charge is 0.295 e. The van der Waals surface area contributed by atoms with Crippen molar-refractivity contribution >= 4 is 22.4 Å². The molecule has 0 saturated carbocycles. The number of thioether (sulfide) groups is 1. The summed E-state index contributed by atoms with van der Waals surface area (Å²) in [5.41, 5.74) is 2.30. The molecule has 1 atom stereocenters. The van der Waals surface area contributed by atoms with Gasteiger partial charge < -0.3 is 0 Å². The topological polar surface area (TPSA) is 40.5 Å². The molecular formula is C15H16O2S2. The highest BCUT2D eigenvalue weighted by Crippen LogP contribution is 2.62. The maximum absolute atomic E-state index is 10.2. The van der Waals surface area contributed by atoms with Crippen LogP contribution in [0.2, 0.25) is 0 Å². The monoisotopic (exact) mass is 292 g/mol. The van der Waals surface area contributed by atoms with E-state index in [1.807, 2.05) is 24.3 Å². The van der Waals surface area contributed by atoms with Gasteiger partial charge >= 0.3 is 0 Å². The van der Waals surface area contributed by atoms with E-state index in [0.29, 0.717) is 5.75 Å². The van der Waals surface area contributed by atoms with Crippen molar-refractivity contribution in [2.45, 2.75) is 22.0 Å². The Morgan fingerprint density at radius 2 is 1.74 bits per heavy atom. The summed E-state index contributed by atoms with van der Waals surface area (Å²) < 4.78 is 20.3. The van der Waals surface area contributed by atoms with Crippen molar-refractivity contribution in [1.29, 1.82) is 0 Å². The van der Waals surface area contributed by atoms with Crippen molar-refractivity contribution in [2.24, 2.45) is 0 Å². The van der Waals surface area contributed by atoms with Crippen LogP contribution in [-0.2, 0) is 0 Å². The van der Waals surface area contributed by atoms with E-state index in [2.05, 4.69) is 31.2 Å². The molecule has 0 amide bonds. The Morgan fingerprint density at radius 3 is 2.47 bits per heavy atom. The maximum Gasteiger partial charge on any atom is 0.0628 e. The Morgan fingerprint density at radius 1 is 1.05 bits per heavy atom. The smallest absolute Gasteiger partial charge is 0.0628 e. The molecule has 0 radical (unpaired) electrons. The number of hydrogen-bond acceptors (Lipinski definition) is 3. The second kappa shape index (κ2) is 4.87. The minimum atomic E-state index is -2.60. The molecule has 0 saturated heterocycles. The Balaban J connectivity index is 1.89. The van der Waals surface area contributed by atoms with Gasteiger partial charge in [0, 0.05) is 4.90 Å². The van der Waals surface area contributed by atoms with Crippen molar-refractivity contribution < 1.29 is 9.11 Å². The summed E-state index contributed by atoms with van der Waals surface area (Å²) >= 11 is 1.71. The number of hydrogen-bond donors (Lipinski definition) is 2. The van der Waals surface area contributed by atoms with Gasteiger partial charge in [-0.05, 0) is 30.7 Å². The Kier molecular flexibility index (Phi) is 3.35. The first-order valence-corrected chi connectivity index (χ1v) is 8.74. The molecular weight excluding hydrogens is 276 g/mol. The first-order chi connectivity index (χ1) is 9.06. The molecule has 2 aromatic rings. The summed E-state index contributed by atoms with van der Waals surface area (Å²) in [6.45, 7) is 2.07. The van der Waals surface area contributed by atoms with Gasteiger partial charge in [0.25, 0.3) is 0 Å². The summed E-state index contributed by atoms with van der Waals surface area (Å²) in [6.07, 6.45) is 0. The first-order valence-electron chi connectivity index (χ1n) is 6.14. The minimum absolute atomic E-state index is 0.129. The van der Waals surface area contributed by atoms with Gasteiger partial charge in [-0.25, -0.2) is 0 Å². The number of rotatable bonds is 2. The van der Waals surface area contributed by atoms with Crippen molar-refractivity contribution in [2.75, 3.05) is 5.75 Å². The zero-order valence-electron chi connectivity index (χ0n) is 10.6. The molecule has 19 heavy (non-hydrogen) atoms. The van der Waals surface area contributed by atoms with Crippen LogP contribution in [0.5, 0.6) is 0 Å². The summed E-state index contributed by atoms with van der Waals surface area (Å²) in [4.78, 5) is 1.89. The summed E-state index contributed by atoms with van der Waals surface area (Å²) in [6, 6.07) is 16.0. The van der Waals surface area contributed by atoms with Gasteiger partial charge in [0.2, 0.25) is 0 Å². The van der Waals surface area contributed by atoms with Crippen LogP contribution in [0, 0.1) is 6.92 Å². The van der Waals surface area contributed by atoms with E-state index in [1.54, 1.807) is 11.8 Å². The average Bonchev–Trinajstić information content (AvgIpc) is 2.65. The van der Waals surface area contributed by atoms with Crippen LogP contribution in [0.15, 0.2) is 58.3 Å². The van der Waals surface area contributed by atoms with Gasteiger partial charge in [0.05, 0.1) is 15.9 Å². The standard InChI is InChI=1S/C15H16O2S2/c1-11-6-8-12(9-7-11)18-14-10-19(16,17)15-5-3-2-4-13(14)15/h2-9,14,16-17H,10H2,1H3.